The summed E-state index contributed by atoms with van der Waals surface area (Å²) in [5.41, 5.74) is 3.17. The minimum absolute atomic E-state index is 0.0939. The van der Waals surface area contributed by atoms with Crippen molar-refractivity contribution >= 4 is 27.4 Å². The molecule has 0 aliphatic heterocycles. The van der Waals surface area contributed by atoms with Crippen LogP contribution in [-0.4, -0.2) is 19.5 Å². The predicted octanol–water partition coefficient (Wildman–Crippen LogP) is 0.890. The topological polar surface area (TPSA) is 98.7 Å². The van der Waals surface area contributed by atoms with E-state index in [1.807, 2.05) is 12.3 Å². The third kappa shape index (κ3) is 2.26. The first kappa shape index (κ1) is 12.7. The van der Waals surface area contributed by atoms with E-state index in [1.54, 1.807) is 12.1 Å². The minimum Gasteiger partial charge on any atom is -0.308 e. The van der Waals surface area contributed by atoms with Crippen molar-refractivity contribution in [2.75, 3.05) is 5.43 Å². The molecule has 0 aliphatic carbocycles. The van der Waals surface area contributed by atoms with E-state index in [1.165, 1.54) is 22.2 Å². The summed E-state index contributed by atoms with van der Waals surface area (Å²) in [7, 11) is 0. The Morgan fingerprint density at radius 3 is 3.10 bits per heavy atom. The molecule has 0 saturated heterocycles. The van der Waals surface area contributed by atoms with Crippen LogP contribution in [0.1, 0.15) is 11.5 Å². The number of aryl methyl sites for hydroxylation is 1. The molecule has 0 amide bonds. The third-order valence-corrected chi connectivity index (χ3v) is 3.63. The number of hydrogen-bond acceptors (Lipinski definition) is 7. The van der Waals surface area contributed by atoms with E-state index in [0.29, 0.717) is 17.0 Å². The van der Waals surface area contributed by atoms with E-state index in [2.05, 4.69) is 20.4 Å². The fraction of sp³-hybridized carbons (Fsp3) is 0.167. The van der Waals surface area contributed by atoms with Crippen LogP contribution in [0, 0.1) is 6.92 Å². The molecular formula is C12H12N6OS. The smallest absolute Gasteiger partial charge is 0.262 e. The Morgan fingerprint density at radius 1 is 1.45 bits per heavy atom. The number of hydrogen-bond donors (Lipinski definition) is 2. The molecule has 3 aromatic rings. The van der Waals surface area contributed by atoms with Gasteiger partial charge in [0.15, 0.2) is 5.82 Å². The van der Waals surface area contributed by atoms with Gasteiger partial charge >= 0.3 is 0 Å². The predicted molar refractivity (Wildman–Crippen MR) is 77.6 cm³/mol. The Balaban J connectivity index is 2.02. The normalized spacial score (nSPS) is 10.9. The first-order valence-corrected chi connectivity index (χ1v) is 6.79. The highest BCUT2D eigenvalue weighted by atomic mass is 32.1. The maximum Gasteiger partial charge on any atom is 0.262 e. The van der Waals surface area contributed by atoms with Gasteiger partial charge in [-0.05, 0) is 18.4 Å². The SMILES string of the molecule is Cc1cc(NN)nc(Cn2cnc3sccc3c2=O)n1. The second-order valence-corrected chi connectivity index (χ2v) is 5.17. The minimum atomic E-state index is -0.0939. The number of hydrazine groups is 1. The van der Waals surface area contributed by atoms with Gasteiger partial charge < -0.3 is 5.43 Å². The van der Waals surface area contributed by atoms with Gasteiger partial charge in [-0.3, -0.25) is 9.36 Å². The van der Waals surface area contributed by atoms with Crippen LogP contribution in [0.15, 0.2) is 28.6 Å². The fourth-order valence-electron chi connectivity index (χ4n) is 1.93. The van der Waals surface area contributed by atoms with Crippen molar-refractivity contribution < 1.29 is 0 Å². The van der Waals surface area contributed by atoms with Crippen molar-refractivity contribution in [2.45, 2.75) is 13.5 Å². The number of nitrogens with two attached hydrogens (primary N) is 1. The zero-order valence-electron chi connectivity index (χ0n) is 10.7. The summed E-state index contributed by atoms with van der Waals surface area (Å²) in [5, 5.41) is 2.46. The summed E-state index contributed by atoms with van der Waals surface area (Å²) in [5.74, 6) is 6.38. The van der Waals surface area contributed by atoms with Crippen molar-refractivity contribution in [1.82, 2.24) is 19.5 Å². The van der Waals surface area contributed by atoms with Crippen LogP contribution in [0.5, 0.6) is 0 Å². The molecule has 0 radical (unpaired) electrons. The molecule has 102 valence electrons. The molecule has 0 aliphatic rings. The zero-order valence-corrected chi connectivity index (χ0v) is 11.5. The Labute approximate surface area is 118 Å². The third-order valence-electron chi connectivity index (χ3n) is 2.81. The van der Waals surface area contributed by atoms with Gasteiger partial charge in [-0.15, -0.1) is 11.3 Å². The van der Waals surface area contributed by atoms with Crippen LogP contribution in [0.3, 0.4) is 0 Å². The van der Waals surface area contributed by atoms with Gasteiger partial charge in [-0.1, -0.05) is 0 Å². The standard InChI is InChI=1S/C12H12N6OS/c1-7-4-9(17-13)16-10(15-7)5-18-6-14-11-8(12(18)19)2-3-20-11/h2-4,6H,5,13H2,1H3,(H,15,16,17). The number of fused-ring (bicyclic) bond motifs is 1. The van der Waals surface area contributed by atoms with Gasteiger partial charge in [0.25, 0.3) is 5.56 Å². The van der Waals surface area contributed by atoms with E-state index in [0.717, 1.165) is 10.5 Å². The van der Waals surface area contributed by atoms with Crippen LogP contribution in [0.2, 0.25) is 0 Å². The molecule has 0 saturated carbocycles. The van der Waals surface area contributed by atoms with Crippen molar-refractivity contribution in [1.29, 1.82) is 0 Å². The highest BCUT2D eigenvalue weighted by Gasteiger charge is 2.08. The van der Waals surface area contributed by atoms with Crippen LogP contribution < -0.4 is 16.8 Å². The monoisotopic (exact) mass is 288 g/mol. The molecular weight excluding hydrogens is 276 g/mol. The van der Waals surface area contributed by atoms with E-state index >= 15 is 0 Å². The van der Waals surface area contributed by atoms with Crippen molar-refractivity contribution in [2.24, 2.45) is 5.84 Å². The van der Waals surface area contributed by atoms with Crippen LogP contribution in [-0.2, 0) is 6.54 Å². The van der Waals surface area contributed by atoms with Crippen molar-refractivity contribution in [3.63, 3.8) is 0 Å². The lowest BCUT2D eigenvalue weighted by molar-refractivity contribution is 0.704. The molecule has 0 bridgehead atoms. The maximum absolute atomic E-state index is 12.3. The highest BCUT2D eigenvalue weighted by molar-refractivity contribution is 7.16. The second-order valence-electron chi connectivity index (χ2n) is 4.27. The summed E-state index contributed by atoms with van der Waals surface area (Å²) in [6, 6.07) is 3.50. The summed E-state index contributed by atoms with van der Waals surface area (Å²) in [6.45, 7) is 2.10. The van der Waals surface area contributed by atoms with Crippen molar-refractivity contribution in [3.05, 3.63) is 45.7 Å². The maximum atomic E-state index is 12.3. The molecule has 0 fully saturated rings. The molecule has 0 atom stereocenters. The summed E-state index contributed by atoms with van der Waals surface area (Å²) in [6.07, 6.45) is 1.52. The number of nitrogen functional groups attached to an aromatic ring is 1. The molecule has 3 N–H and O–H groups in total. The Bertz CT molecular complexity index is 824. The highest BCUT2D eigenvalue weighted by Crippen LogP contribution is 2.13. The molecule has 3 aromatic heterocycles. The molecule has 20 heavy (non-hydrogen) atoms. The summed E-state index contributed by atoms with van der Waals surface area (Å²) in [4.78, 5) is 25.8. The lowest BCUT2D eigenvalue weighted by Gasteiger charge is -2.07. The Hall–Kier alpha value is -2.32. The van der Waals surface area contributed by atoms with E-state index in [-0.39, 0.29) is 12.1 Å². The average Bonchev–Trinajstić information content (AvgIpc) is 2.90. The Kier molecular flexibility index (Phi) is 3.17. The second kappa shape index (κ2) is 4.99. The summed E-state index contributed by atoms with van der Waals surface area (Å²) < 4.78 is 1.49. The van der Waals surface area contributed by atoms with Gasteiger partial charge in [0.05, 0.1) is 18.3 Å². The number of nitrogens with one attached hydrogen (secondary N) is 1. The fourth-order valence-corrected chi connectivity index (χ4v) is 2.66. The molecule has 3 heterocycles. The molecule has 0 unspecified atom stereocenters. The number of rotatable bonds is 3. The lowest BCUT2D eigenvalue weighted by Crippen LogP contribution is -2.22. The average molecular weight is 288 g/mol. The quantitative estimate of drug-likeness (QED) is 0.548. The number of anilines is 1. The van der Waals surface area contributed by atoms with E-state index in [9.17, 15) is 4.79 Å². The molecule has 0 aromatic carbocycles. The largest absolute Gasteiger partial charge is 0.308 e. The number of thiophene rings is 1. The molecule has 8 heteroatoms. The zero-order chi connectivity index (χ0) is 14.1. The van der Waals surface area contributed by atoms with Crippen LogP contribution >= 0.6 is 11.3 Å². The van der Waals surface area contributed by atoms with Gasteiger partial charge in [-0.25, -0.2) is 20.8 Å². The molecule has 0 spiro atoms. The summed E-state index contributed by atoms with van der Waals surface area (Å²) >= 11 is 1.44. The lowest BCUT2D eigenvalue weighted by atomic mass is 10.4. The van der Waals surface area contributed by atoms with Crippen LogP contribution in [0.25, 0.3) is 10.2 Å². The van der Waals surface area contributed by atoms with Gasteiger partial charge in [0.2, 0.25) is 0 Å². The van der Waals surface area contributed by atoms with Crippen LogP contribution in [0.4, 0.5) is 5.82 Å². The number of nitrogens with zero attached hydrogens (tertiary/aromatic N) is 4. The van der Waals surface area contributed by atoms with E-state index < -0.39 is 0 Å². The van der Waals surface area contributed by atoms with Gasteiger partial charge in [-0.2, -0.15) is 0 Å². The molecule has 3 rings (SSSR count). The molecule has 7 nitrogen and oxygen atoms in total. The first-order chi connectivity index (χ1) is 9.67. The first-order valence-electron chi connectivity index (χ1n) is 5.91. The van der Waals surface area contributed by atoms with Crippen molar-refractivity contribution in [3.8, 4) is 0 Å². The van der Waals surface area contributed by atoms with Gasteiger partial charge in [0, 0.05) is 11.8 Å². The van der Waals surface area contributed by atoms with Gasteiger partial charge in [0.1, 0.15) is 10.6 Å². The number of aromatic nitrogens is 4. The van der Waals surface area contributed by atoms with E-state index in [4.69, 9.17) is 5.84 Å². The Morgan fingerprint density at radius 2 is 2.30 bits per heavy atom.